The van der Waals surface area contributed by atoms with E-state index >= 15 is 0 Å². The third kappa shape index (κ3) is 3.23. The first-order valence-corrected chi connectivity index (χ1v) is 7.13. The maximum Gasteiger partial charge on any atom is 0.222 e. The van der Waals surface area contributed by atoms with Gasteiger partial charge in [-0.25, -0.2) is 4.98 Å². The number of nitrogen functional groups attached to an aromatic ring is 2. The van der Waals surface area contributed by atoms with E-state index in [1.165, 1.54) is 0 Å². The zero-order valence-electron chi connectivity index (χ0n) is 12.7. The lowest BCUT2D eigenvalue weighted by Crippen LogP contribution is -2.05. The highest BCUT2D eigenvalue weighted by Crippen LogP contribution is 2.28. The van der Waals surface area contributed by atoms with Crippen LogP contribution in [0.1, 0.15) is 11.3 Å². The van der Waals surface area contributed by atoms with Crippen LogP contribution in [0.4, 0.5) is 11.8 Å². The number of nitrogens with zero attached hydrogens (tertiary/aromatic N) is 4. The summed E-state index contributed by atoms with van der Waals surface area (Å²) in [5.74, 6) is 0.693. The molecule has 3 aromatic rings. The molecule has 1 aromatic carbocycles. The molecule has 0 atom stereocenters. The van der Waals surface area contributed by atoms with Gasteiger partial charge in [0.05, 0.1) is 11.4 Å². The van der Waals surface area contributed by atoms with Crippen LogP contribution in [0.25, 0.3) is 11.3 Å². The molecule has 7 heteroatoms. The van der Waals surface area contributed by atoms with Crippen molar-refractivity contribution in [2.75, 3.05) is 11.5 Å². The minimum absolute atomic E-state index is 0.0151. The molecule has 0 saturated carbocycles. The quantitative estimate of drug-likeness (QED) is 0.755. The van der Waals surface area contributed by atoms with Crippen molar-refractivity contribution in [1.29, 1.82) is 5.26 Å². The smallest absolute Gasteiger partial charge is 0.222 e. The Bertz CT molecular complexity index is 905. The molecule has 2 aromatic heterocycles. The Morgan fingerprint density at radius 3 is 2.71 bits per heavy atom. The van der Waals surface area contributed by atoms with Crippen LogP contribution < -0.4 is 16.2 Å². The lowest BCUT2D eigenvalue weighted by atomic mass is 10.1. The first-order chi connectivity index (χ1) is 11.7. The van der Waals surface area contributed by atoms with Crippen molar-refractivity contribution in [3.05, 3.63) is 59.9 Å². The van der Waals surface area contributed by atoms with E-state index in [1.807, 2.05) is 30.3 Å². The first-order valence-electron chi connectivity index (χ1n) is 7.13. The molecule has 0 aliphatic rings. The number of nitriles is 1. The Hall–Kier alpha value is -3.66. The Balaban J connectivity index is 1.90. The van der Waals surface area contributed by atoms with Gasteiger partial charge in [0, 0.05) is 11.8 Å². The van der Waals surface area contributed by atoms with Crippen molar-refractivity contribution in [1.82, 2.24) is 15.0 Å². The van der Waals surface area contributed by atoms with Gasteiger partial charge >= 0.3 is 0 Å². The van der Waals surface area contributed by atoms with Crippen LogP contribution in [-0.4, -0.2) is 15.0 Å². The molecular weight excluding hydrogens is 304 g/mol. The van der Waals surface area contributed by atoms with Crippen molar-refractivity contribution < 1.29 is 4.74 Å². The molecule has 7 nitrogen and oxygen atoms in total. The average Bonchev–Trinajstić information content (AvgIpc) is 2.60. The van der Waals surface area contributed by atoms with Crippen LogP contribution in [0.3, 0.4) is 0 Å². The van der Waals surface area contributed by atoms with Crippen LogP contribution in [0.15, 0.2) is 48.7 Å². The van der Waals surface area contributed by atoms with Gasteiger partial charge in [-0.05, 0) is 24.3 Å². The molecule has 0 radical (unpaired) electrons. The molecule has 0 spiro atoms. The summed E-state index contributed by atoms with van der Waals surface area (Å²) >= 11 is 0. The summed E-state index contributed by atoms with van der Waals surface area (Å²) in [6.45, 7) is 0.337. The number of ether oxygens (including phenoxy) is 1. The summed E-state index contributed by atoms with van der Waals surface area (Å²) in [6.07, 6.45) is 1.71. The maximum atomic E-state index is 9.28. The molecule has 0 aliphatic carbocycles. The lowest BCUT2D eigenvalue weighted by Gasteiger charge is -2.09. The van der Waals surface area contributed by atoms with Gasteiger partial charge in [-0.3, -0.25) is 4.98 Å². The Labute approximate surface area is 138 Å². The summed E-state index contributed by atoms with van der Waals surface area (Å²) in [6, 6.07) is 14.8. The fourth-order valence-electron chi connectivity index (χ4n) is 2.19. The zero-order chi connectivity index (χ0) is 16.9. The van der Waals surface area contributed by atoms with E-state index in [1.54, 1.807) is 24.4 Å². The van der Waals surface area contributed by atoms with Crippen LogP contribution >= 0.6 is 0 Å². The normalized spacial score (nSPS) is 10.1. The van der Waals surface area contributed by atoms with Gasteiger partial charge in [0.25, 0.3) is 0 Å². The molecule has 4 N–H and O–H groups in total. The van der Waals surface area contributed by atoms with Gasteiger partial charge in [0.1, 0.15) is 29.8 Å². The number of anilines is 2. The van der Waals surface area contributed by atoms with Crippen LogP contribution in [0.2, 0.25) is 0 Å². The van der Waals surface area contributed by atoms with Crippen molar-refractivity contribution in [2.45, 2.75) is 6.61 Å². The van der Waals surface area contributed by atoms with E-state index in [0.29, 0.717) is 23.6 Å². The number of aromatic nitrogens is 3. The lowest BCUT2D eigenvalue weighted by molar-refractivity contribution is 0.301. The molecule has 0 bridgehead atoms. The van der Waals surface area contributed by atoms with E-state index in [9.17, 15) is 5.26 Å². The minimum Gasteiger partial charge on any atom is -0.487 e. The van der Waals surface area contributed by atoms with Gasteiger partial charge in [-0.15, -0.1) is 0 Å². The molecule has 0 unspecified atom stereocenters. The van der Waals surface area contributed by atoms with Crippen molar-refractivity contribution in [2.24, 2.45) is 0 Å². The summed E-state index contributed by atoms with van der Waals surface area (Å²) in [4.78, 5) is 12.1. The fraction of sp³-hybridized carbons (Fsp3) is 0.0588. The second-order valence-electron chi connectivity index (χ2n) is 4.94. The van der Waals surface area contributed by atoms with E-state index < -0.39 is 0 Å². The molecule has 0 saturated heterocycles. The number of rotatable bonds is 4. The highest BCUT2D eigenvalue weighted by atomic mass is 16.5. The van der Waals surface area contributed by atoms with Gasteiger partial charge in [0.2, 0.25) is 5.95 Å². The number of benzene rings is 1. The number of pyridine rings is 1. The molecule has 2 heterocycles. The molecule has 24 heavy (non-hydrogen) atoms. The number of nitrogens with two attached hydrogens (primary N) is 2. The highest BCUT2D eigenvalue weighted by Gasteiger charge is 2.13. The van der Waals surface area contributed by atoms with Crippen LogP contribution in [0.5, 0.6) is 5.75 Å². The summed E-state index contributed by atoms with van der Waals surface area (Å²) in [5.41, 5.74) is 13.4. The van der Waals surface area contributed by atoms with Crippen LogP contribution in [-0.2, 0) is 6.61 Å². The molecule has 0 amide bonds. The third-order valence-corrected chi connectivity index (χ3v) is 3.29. The topological polar surface area (TPSA) is 124 Å². The van der Waals surface area contributed by atoms with Crippen molar-refractivity contribution in [3.63, 3.8) is 0 Å². The van der Waals surface area contributed by atoms with E-state index in [4.69, 9.17) is 16.2 Å². The zero-order valence-corrected chi connectivity index (χ0v) is 12.7. The van der Waals surface area contributed by atoms with Gasteiger partial charge in [-0.1, -0.05) is 18.2 Å². The first kappa shape index (κ1) is 15.2. The fourth-order valence-corrected chi connectivity index (χ4v) is 2.19. The molecule has 0 fully saturated rings. The van der Waals surface area contributed by atoms with E-state index in [0.717, 1.165) is 5.69 Å². The van der Waals surface area contributed by atoms with E-state index in [2.05, 4.69) is 15.0 Å². The third-order valence-electron chi connectivity index (χ3n) is 3.29. The van der Waals surface area contributed by atoms with Gasteiger partial charge in [0.15, 0.2) is 0 Å². The standard InChI is InChI=1S/C17H14N6O/c18-9-14-15(22-17(20)23-16(14)19)11-4-3-6-13(8-11)24-10-12-5-1-2-7-21-12/h1-8H,10H2,(H4,19,20,22,23). The molecular formula is C17H14N6O. The Kier molecular flexibility index (Phi) is 4.21. The Morgan fingerprint density at radius 2 is 1.96 bits per heavy atom. The van der Waals surface area contributed by atoms with Crippen molar-refractivity contribution in [3.8, 4) is 23.1 Å². The SMILES string of the molecule is N#Cc1c(N)nc(N)nc1-c1cccc(OCc2ccccn2)c1. The monoisotopic (exact) mass is 318 g/mol. The molecule has 3 rings (SSSR count). The predicted octanol–water partition coefficient (Wildman–Crippen LogP) is 2.15. The van der Waals surface area contributed by atoms with Gasteiger partial charge < -0.3 is 16.2 Å². The summed E-state index contributed by atoms with van der Waals surface area (Å²) in [5, 5.41) is 9.28. The molecule has 0 aliphatic heterocycles. The van der Waals surface area contributed by atoms with Gasteiger partial charge in [-0.2, -0.15) is 10.2 Å². The number of hydrogen-bond donors (Lipinski definition) is 2. The van der Waals surface area contributed by atoms with Crippen LogP contribution in [0, 0.1) is 11.3 Å². The summed E-state index contributed by atoms with van der Waals surface area (Å²) < 4.78 is 5.74. The average molecular weight is 318 g/mol. The minimum atomic E-state index is 0.0151. The van der Waals surface area contributed by atoms with Crippen molar-refractivity contribution >= 4 is 11.8 Å². The second-order valence-corrected chi connectivity index (χ2v) is 4.94. The predicted molar refractivity (Wildman–Crippen MR) is 89.6 cm³/mol. The number of hydrogen-bond acceptors (Lipinski definition) is 7. The maximum absolute atomic E-state index is 9.28. The Morgan fingerprint density at radius 1 is 1.08 bits per heavy atom. The van der Waals surface area contributed by atoms with E-state index in [-0.39, 0.29) is 17.3 Å². The summed E-state index contributed by atoms with van der Waals surface area (Å²) in [7, 11) is 0. The second kappa shape index (κ2) is 6.62. The largest absolute Gasteiger partial charge is 0.487 e. The molecule has 118 valence electrons. The highest BCUT2D eigenvalue weighted by molar-refractivity contribution is 5.73.